The second kappa shape index (κ2) is 6.44. The van der Waals surface area contributed by atoms with Crippen molar-refractivity contribution in [3.63, 3.8) is 0 Å². The second-order valence-corrected chi connectivity index (χ2v) is 5.91. The zero-order chi connectivity index (χ0) is 13.8. The van der Waals surface area contributed by atoms with Gasteiger partial charge < -0.3 is 15.2 Å². The average Bonchev–Trinajstić information content (AvgIpc) is 2.42. The highest BCUT2D eigenvalue weighted by atomic mass is 127. The highest BCUT2D eigenvalue weighted by molar-refractivity contribution is 14.1. The van der Waals surface area contributed by atoms with Crippen molar-refractivity contribution < 1.29 is 9.47 Å². The lowest BCUT2D eigenvalue weighted by molar-refractivity contribution is 0.0209. The third-order valence-electron chi connectivity index (χ3n) is 3.40. The van der Waals surface area contributed by atoms with Gasteiger partial charge in [-0.25, -0.2) is 0 Å². The first-order valence-electron chi connectivity index (χ1n) is 6.32. The van der Waals surface area contributed by atoms with Crippen LogP contribution in [-0.4, -0.2) is 19.3 Å². The lowest BCUT2D eigenvalue weighted by Gasteiger charge is -2.29. The van der Waals surface area contributed by atoms with Crippen LogP contribution in [0.25, 0.3) is 0 Å². The summed E-state index contributed by atoms with van der Waals surface area (Å²) in [4.78, 5) is 0. The fourth-order valence-electron chi connectivity index (χ4n) is 2.39. The Hall–Kier alpha value is -1.00. The maximum Gasteiger partial charge on any atom is 0.155 e. The lowest BCUT2D eigenvalue weighted by atomic mass is 9.95. The summed E-state index contributed by atoms with van der Waals surface area (Å²) in [5.41, 5.74) is 7.06. The summed E-state index contributed by atoms with van der Waals surface area (Å²) in [5.74, 6) is 0.696. The van der Waals surface area contributed by atoms with Gasteiger partial charge in [0, 0.05) is 13.5 Å². The molecule has 0 aromatic heterocycles. The van der Waals surface area contributed by atoms with Gasteiger partial charge in [0.05, 0.1) is 27.0 Å². The number of nitrogens with two attached hydrogens (primary N) is 1. The van der Waals surface area contributed by atoms with Crippen LogP contribution in [0.5, 0.6) is 5.75 Å². The van der Waals surface area contributed by atoms with E-state index >= 15 is 0 Å². The van der Waals surface area contributed by atoms with Gasteiger partial charge in [0.25, 0.3) is 0 Å². The van der Waals surface area contributed by atoms with Crippen molar-refractivity contribution >= 4 is 28.3 Å². The first-order chi connectivity index (χ1) is 9.13. The number of benzene rings is 1. The van der Waals surface area contributed by atoms with E-state index in [1.807, 2.05) is 0 Å². The van der Waals surface area contributed by atoms with E-state index in [1.165, 1.54) is 0 Å². The Balaban J connectivity index is 2.13. The van der Waals surface area contributed by atoms with Crippen LogP contribution in [0.2, 0.25) is 0 Å². The Morgan fingerprint density at radius 2 is 2.11 bits per heavy atom. The maximum atomic E-state index is 8.90. The van der Waals surface area contributed by atoms with Gasteiger partial charge >= 0.3 is 0 Å². The number of ether oxygens (including phenoxy) is 2. The summed E-state index contributed by atoms with van der Waals surface area (Å²) in [6.45, 7) is 0. The molecule has 1 fully saturated rings. The maximum absolute atomic E-state index is 8.90. The molecule has 2 N–H and O–H groups in total. The second-order valence-electron chi connectivity index (χ2n) is 4.75. The molecule has 2 unspecified atom stereocenters. The van der Waals surface area contributed by atoms with Gasteiger partial charge in [0.2, 0.25) is 0 Å². The number of nitrogens with zero attached hydrogens (tertiary/aromatic N) is 1. The van der Waals surface area contributed by atoms with Crippen LogP contribution < -0.4 is 10.5 Å². The van der Waals surface area contributed by atoms with Crippen molar-refractivity contribution in [1.82, 2.24) is 0 Å². The molecule has 0 spiro atoms. The normalized spacial score (nSPS) is 22.8. The molecule has 0 aliphatic heterocycles. The van der Waals surface area contributed by atoms with E-state index in [4.69, 9.17) is 20.5 Å². The summed E-state index contributed by atoms with van der Waals surface area (Å²) in [5, 5.41) is 8.90. The fraction of sp³-hybridized carbons (Fsp3) is 0.500. The zero-order valence-corrected chi connectivity index (χ0v) is 13.0. The Bertz CT molecular complexity index is 476. The molecule has 19 heavy (non-hydrogen) atoms. The van der Waals surface area contributed by atoms with E-state index in [-0.39, 0.29) is 12.2 Å². The van der Waals surface area contributed by atoms with Crippen molar-refractivity contribution in [2.75, 3.05) is 12.8 Å². The molecule has 2 atom stereocenters. The molecule has 1 aliphatic rings. The summed E-state index contributed by atoms with van der Waals surface area (Å²) in [7, 11) is 1.74. The van der Waals surface area contributed by atoms with E-state index in [9.17, 15) is 0 Å². The molecule has 1 aromatic carbocycles. The quantitative estimate of drug-likeness (QED) is 0.654. The highest BCUT2D eigenvalue weighted by Gasteiger charge is 2.24. The molecule has 4 nitrogen and oxygen atoms in total. The van der Waals surface area contributed by atoms with Gasteiger partial charge in [-0.3, -0.25) is 0 Å². The van der Waals surface area contributed by atoms with E-state index < -0.39 is 0 Å². The van der Waals surface area contributed by atoms with Crippen LogP contribution in [-0.2, 0) is 4.74 Å². The molecular formula is C14H17IN2O2. The van der Waals surface area contributed by atoms with Crippen molar-refractivity contribution in [2.45, 2.75) is 37.9 Å². The molecule has 0 amide bonds. The van der Waals surface area contributed by atoms with E-state index in [0.29, 0.717) is 17.0 Å². The van der Waals surface area contributed by atoms with Gasteiger partial charge in [-0.1, -0.05) is 0 Å². The predicted octanol–water partition coefficient (Wildman–Crippen LogP) is 3.08. The van der Waals surface area contributed by atoms with E-state index in [2.05, 4.69) is 28.7 Å². The van der Waals surface area contributed by atoms with Crippen LogP contribution in [0.15, 0.2) is 12.1 Å². The molecular weight excluding hydrogens is 355 g/mol. The van der Waals surface area contributed by atoms with Crippen molar-refractivity contribution in [2.24, 2.45) is 0 Å². The number of hydrogen-bond donors (Lipinski definition) is 1. The number of hydrogen-bond acceptors (Lipinski definition) is 4. The van der Waals surface area contributed by atoms with E-state index in [1.54, 1.807) is 19.2 Å². The van der Waals surface area contributed by atoms with Crippen LogP contribution in [0, 0.1) is 14.9 Å². The summed E-state index contributed by atoms with van der Waals surface area (Å²) in [6, 6.07) is 5.55. The Morgan fingerprint density at radius 3 is 2.74 bits per heavy atom. The predicted molar refractivity (Wildman–Crippen MR) is 82.0 cm³/mol. The summed E-state index contributed by atoms with van der Waals surface area (Å²) in [6.07, 6.45) is 4.53. The number of halogens is 1. The molecule has 0 radical (unpaired) electrons. The fourth-order valence-corrected chi connectivity index (χ4v) is 3.17. The lowest BCUT2D eigenvalue weighted by Crippen LogP contribution is -2.29. The minimum absolute atomic E-state index is 0.141. The topological polar surface area (TPSA) is 68.3 Å². The van der Waals surface area contributed by atoms with Crippen molar-refractivity contribution in [1.29, 1.82) is 5.26 Å². The van der Waals surface area contributed by atoms with Crippen LogP contribution in [0.3, 0.4) is 0 Å². The van der Waals surface area contributed by atoms with Gasteiger partial charge in [0.1, 0.15) is 6.10 Å². The Labute approximate surface area is 127 Å². The molecule has 0 saturated heterocycles. The SMILES string of the molecule is COC1CCCC(Oc2c(N)cc(C#N)cc2I)C1. The number of nitriles is 1. The minimum atomic E-state index is 0.141. The molecule has 102 valence electrons. The molecule has 1 aliphatic carbocycles. The van der Waals surface area contributed by atoms with Gasteiger partial charge in [-0.2, -0.15) is 5.26 Å². The zero-order valence-electron chi connectivity index (χ0n) is 10.9. The number of nitrogen functional groups attached to an aromatic ring is 1. The number of rotatable bonds is 3. The highest BCUT2D eigenvalue weighted by Crippen LogP contribution is 2.33. The molecule has 5 heteroatoms. The third-order valence-corrected chi connectivity index (χ3v) is 4.20. The van der Waals surface area contributed by atoms with Crippen LogP contribution in [0.1, 0.15) is 31.2 Å². The molecule has 0 heterocycles. The largest absolute Gasteiger partial charge is 0.487 e. The first kappa shape index (κ1) is 14.4. The van der Waals surface area contributed by atoms with Crippen LogP contribution in [0.4, 0.5) is 5.69 Å². The Kier molecular flexibility index (Phi) is 4.88. The average molecular weight is 372 g/mol. The van der Waals surface area contributed by atoms with Crippen molar-refractivity contribution in [3.05, 3.63) is 21.3 Å². The van der Waals surface area contributed by atoms with E-state index in [0.717, 1.165) is 29.3 Å². The van der Waals surface area contributed by atoms with Gasteiger partial charge in [-0.15, -0.1) is 0 Å². The summed E-state index contributed by atoms with van der Waals surface area (Å²) < 4.78 is 12.3. The number of methoxy groups -OCH3 is 1. The number of anilines is 1. The van der Waals surface area contributed by atoms with Crippen molar-refractivity contribution in [3.8, 4) is 11.8 Å². The first-order valence-corrected chi connectivity index (χ1v) is 7.40. The standard InChI is InChI=1S/C14H17IN2O2/c1-18-10-3-2-4-11(7-10)19-14-12(15)5-9(8-16)6-13(14)17/h5-6,10-11H,2-4,7,17H2,1H3. The van der Waals surface area contributed by atoms with Gasteiger partial charge in [0.15, 0.2) is 5.75 Å². The molecule has 1 aromatic rings. The molecule has 1 saturated carbocycles. The van der Waals surface area contributed by atoms with Crippen LogP contribution >= 0.6 is 22.6 Å². The monoisotopic (exact) mass is 372 g/mol. The smallest absolute Gasteiger partial charge is 0.155 e. The summed E-state index contributed by atoms with van der Waals surface area (Å²) >= 11 is 2.16. The minimum Gasteiger partial charge on any atom is -0.487 e. The third kappa shape index (κ3) is 3.51. The van der Waals surface area contributed by atoms with Gasteiger partial charge in [-0.05, 0) is 54.0 Å². The Morgan fingerprint density at radius 1 is 1.37 bits per heavy atom. The molecule has 2 rings (SSSR count). The molecule has 0 bridgehead atoms.